The zero-order valence-electron chi connectivity index (χ0n) is 7.60. The van der Waals surface area contributed by atoms with E-state index >= 15 is 0 Å². The molecule has 0 nitrogen and oxygen atoms in total. The molecule has 0 amide bonds. The Morgan fingerprint density at radius 2 is 2.18 bits per heavy atom. The van der Waals surface area contributed by atoms with Crippen LogP contribution in [-0.2, 0) is 0 Å². The van der Waals surface area contributed by atoms with Gasteiger partial charge < -0.3 is 0 Å². The molecular formula is C10H17Br. The third-order valence-electron chi connectivity index (χ3n) is 2.54. The molecule has 1 aliphatic rings. The highest BCUT2D eigenvalue weighted by atomic mass is 79.9. The van der Waals surface area contributed by atoms with Crippen LogP contribution in [0.3, 0.4) is 0 Å². The number of alkyl halides is 1. The number of halogens is 1. The van der Waals surface area contributed by atoms with E-state index in [9.17, 15) is 0 Å². The molecule has 1 aliphatic carbocycles. The van der Waals surface area contributed by atoms with Gasteiger partial charge in [0.05, 0.1) is 0 Å². The first-order chi connectivity index (χ1) is 5.11. The van der Waals surface area contributed by atoms with Crippen LogP contribution in [0.4, 0.5) is 0 Å². The van der Waals surface area contributed by atoms with Gasteiger partial charge in [-0.15, -0.1) is 0 Å². The Kier molecular flexibility index (Phi) is 3.17. The van der Waals surface area contributed by atoms with Crippen molar-refractivity contribution in [2.75, 3.05) is 0 Å². The number of hydrogen-bond acceptors (Lipinski definition) is 0. The fourth-order valence-corrected chi connectivity index (χ4v) is 2.06. The predicted molar refractivity (Wildman–Crippen MR) is 54.0 cm³/mol. The van der Waals surface area contributed by atoms with Crippen LogP contribution >= 0.6 is 15.9 Å². The summed E-state index contributed by atoms with van der Waals surface area (Å²) in [6.07, 6.45) is 4.93. The predicted octanol–water partition coefficient (Wildman–Crippen LogP) is 3.76. The normalized spacial score (nSPS) is 32.3. The van der Waals surface area contributed by atoms with Gasteiger partial charge in [0.1, 0.15) is 0 Å². The molecule has 0 spiro atoms. The summed E-state index contributed by atoms with van der Waals surface area (Å²) in [5.74, 6) is 1.56. The molecule has 0 aromatic rings. The monoisotopic (exact) mass is 216 g/mol. The largest absolute Gasteiger partial charge is 0.0884 e. The van der Waals surface area contributed by atoms with Crippen molar-refractivity contribution in [3.63, 3.8) is 0 Å². The minimum Gasteiger partial charge on any atom is -0.0884 e. The fourth-order valence-electron chi connectivity index (χ4n) is 1.47. The Bertz CT molecular complexity index is 158. The van der Waals surface area contributed by atoms with Crippen LogP contribution in [-0.4, -0.2) is 4.83 Å². The Morgan fingerprint density at radius 1 is 1.55 bits per heavy atom. The molecule has 0 aromatic heterocycles. The van der Waals surface area contributed by atoms with E-state index in [1.54, 1.807) is 5.57 Å². The van der Waals surface area contributed by atoms with Gasteiger partial charge >= 0.3 is 0 Å². The van der Waals surface area contributed by atoms with Gasteiger partial charge in [0.25, 0.3) is 0 Å². The molecule has 0 bridgehead atoms. The van der Waals surface area contributed by atoms with E-state index in [0.717, 1.165) is 11.8 Å². The molecule has 1 rings (SSSR count). The zero-order chi connectivity index (χ0) is 8.43. The van der Waals surface area contributed by atoms with Gasteiger partial charge in [0, 0.05) is 4.83 Å². The summed E-state index contributed by atoms with van der Waals surface area (Å²) >= 11 is 3.72. The maximum atomic E-state index is 3.72. The molecular weight excluding hydrogens is 200 g/mol. The highest BCUT2D eigenvalue weighted by molar-refractivity contribution is 9.09. The van der Waals surface area contributed by atoms with Gasteiger partial charge in [-0.05, 0) is 24.7 Å². The molecule has 1 heteroatoms. The van der Waals surface area contributed by atoms with E-state index < -0.39 is 0 Å². The molecule has 0 heterocycles. The Balaban J connectivity index is 2.59. The second-order valence-electron chi connectivity index (χ2n) is 3.87. The Hall–Kier alpha value is 0.220. The summed E-state index contributed by atoms with van der Waals surface area (Å²) in [4.78, 5) is 0.713. The summed E-state index contributed by atoms with van der Waals surface area (Å²) in [5.41, 5.74) is 1.63. The summed E-state index contributed by atoms with van der Waals surface area (Å²) in [7, 11) is 0. The van der Waals surface area contributed by atoms with Crippen molar-refractivity contribution in [2.45, 2.75) is 38.4 Å². The summed E-state index contributed by atoms with van der Waals surface area (Å²) < 4.78 is 0. The first-order valence-electron chi connectivity index (χ1n) is 4.44. The van der Waals surface area contributed by atoms with Crippen molar-refractivity contribution >= 4 is 15.9 Å². The standard InChI is InChI=1S/C10H17Br/c1-7(2)9-5-4-8(3)10(11)6-9/h5,7-8,10H,4,6H2,1-3H3. The van der Waals surface area contributed by atoms with Crippen LogP contribution in [0.5, 0.6) is 0 Å². The van der Waals surface area contributed by atoms with Gasteiger partial charge in [0.15, 0.2) is 0 Å². The molecule has 0 aliphatic heterocycles. The van der Waals surface area contributed by atoms with Crippen LogP contribution in [0.25, 0.3) is 0 Å². The maximum Gasteiger partial charge on any atom is 0.0211 e. The highest BCUT2D eigenvalue weighted by Crippen LogP contribution is 2.32. The maximum absolute atomic E-state index is 3.72. The van der Waals surface area contributed by atoms with E-state index in [1.807, 2.05) is 0 Å². The average Bonchev–Trinajstić information content (AvgIpc) is 1.94. The zero-order valence-corrected chi connectivity index (χ0v) is 9.19. The Labute approximate surface area is 78.2 Å². The second kappa shape index (κ2) is 3.75. The molecule has 0 fully saturated rings. The van der Waals surface area contributed by atoms with Gasteiger partial charge in [-0.2, -0.15) is 0 Å². The van der Waals surface area contributed by atoms with Gasteiger partial charge in [-0.3, -0.25) is 0 Å². The van der Waals surface area contributed by atoms with Crippen LogP contribution in [0.2, 0.25) is 0 Å². The molecule has 2 unspecified atom stereocenters. The fraction of sp³-hybridized carbons (Fsp3) is 0.800. The van der Waals surface area contributed by atoms with Crippen LogP contribution in [0, 0.1) is 11.8 Å². The van der Waals surface area contributed by atoms with Crippen molar-refractivity contribution in [1.29, 1.82) is 0 Å². The lowest BCUT2D eigenvalue weighted by Crippen LogP contribution is -2.17. The van der Waals surface area contributed by atoms with Gasteiger partial charge in [-0.1, -0.05) is 48.4 Å². The van der Waals surface area contributed by atoms with Crippen LogP contribution in [0.15, 0.2) is 11.6 Å². The lowest BCUT2D eigenvalue weighted by molar-refractivity contribution is 0.510. The number of allylic oxidation sites excluding steroid dienone is 2. The van der Waals surface area contributed by atoms with E-state index in [2.05, 4.69) is 42.8 Å². The van der Waals surface area contributed by atoms with Crippen molar-refractivity contribution in [3.8, 4) is 0 Å². The molecule has 2 atom stereocenters. The molecule has 0 saturated heterocycles. The SMILES string of the molecule is CC(C)C1=CCC(C)C(Br)C1. The smallest absolute Gasteiger partial charge is 0.0211 e. The summed E-state index contributed by atoms with van der Waals surface area (Å²) in [6.45, 7) is 6.87. The molecule has 64 valence electrons. The molecule has 0 radical (unpaired) electrons. The van der Waals surface area contributed by atoms with Gasteiger partial charge in [0.2, 0.25) is 0 Å². The van der Waals surface area contributed by atoms with E-state index in [4.69, 9.17) is 0 Å². The molecule has 11 heavy (non-hydrogen) atoms. The van der Waals surface area contributed by atoms with E-state index in [1.165, 1.54) is 12.8 Å². The second-order valence-corrected chi connectivity index (χ2v) is 5.04. The van der Waals surface area contributed by atoms with Gasteiger partial charge in [-0.25, -0.2) is 0 Å². The first-order valence-corrected chi connectivity index (χ1v) is 5.35. The minimum atomic E-state index is 0.713. The molecule has 0 aromatic carbocycles. The number of rotatable bonds is 1. The average molecular weight is 217 g/mol. The first kappa shape index (κ1) is 9.31. The summed E-state index contributed by atoms with van der Waals surface area (Å²) in [5, 5.41) is 0. The topological polar surface area (TPSA) is 0 Å². The van der Waals surface area contributed by atoms with Crippen molar-refractivity contribution < 1.29 is 0 Å². The lowest BCUT2D eigenvalue weighted by atomic mass is 9.86. The van der Waals surface area contributed by atoms with E-state index in [0.29, 0.717) is 4.83 Å². The lowest BCUT2D eigenvalue weighted by Gasteiger charge is -2.26. The van der Waals surface area contributed by atoms with E-state index in [-0.39, 0.29) is 0 Å². The highest BCUT2D eigenvalue weighted by Gasteiger charge is 2.20. The third-order valence-corrected chi connectivity index (χ3v) is 3.77. The third kappa shape index (κ3) is 2.33. The molecule has 0 N–H and O–H groups in total. The van der Waals surface area contributed by atoms with Crippen LogP contribution in [0.1, 0.15) is 33.6 Å². The number of hydrogen-bond donors (Lipinski definition) is 0. The van der Waals surface area contributed by atoms with Crippen LogP contribution < -0.4 is 0 Å². The van der Waals surface area contributed by atoms with Crippen molar-refractivity contribution in [1.82, 2.24) is 0 Å². The van der Waals surface area contributed by atoms with Crippen molar-refractivity contribution in [2.24, 2.45) is 11.8 Å². The minimum absolute atomic E-state index is 0.713. The summed E-state index contributed by atoms with van der Waals surface area (Å²) in [6, 6.07) is 0. The quantitative estimate of drug-likeness (QED) is 0.463. The Morgan fingerprint density at radius 3 is 2.64 bits per heavy atom. The molecule has 0 saturated carbocycles. The van der Waals surface area contributed by atoms with Crippen molar-refractivity contribution in [3.05, 3.63) is 11.6 Å².